The Morgan fingerprint density at radius 2 is 2.15 bits per heavy atom. The van der Waals surface area contributed by atoms with Crippen molar-refractivity contribution in [3.05, 3.63) is 23.8 Å². The highest BCUT2D eigenvalue weighted by molar-refractivity contribution is 5.93. The van der Waals surface area contributed by atoms with Gasteiger partial charge < -0.3 is 15.4 Å². The average Bonchev–Trinajstić information content (AvgIpc) is 3.16. The van der Waals surface area contributed by atoms with Crippen molar-refractivity contribution in [1.82, 2.24) is 5.32 Å². The normalized spacial score (nSPS) is 14.4. The standard InChI is InChI=1S/C16H24N2O2/c1-11(2)20-14-6-7-15(12(3)8-14)18-16(19)10-17-9-13-4-5-13/h6-8,11,13,17H,4-5,9-10H2,1-3H3,(H,18,19). The predicted octanol–water partition coefficient (Wildman–Crippen LogP) is 2.72. The summed E-state index contributed by atoms with van der Waals surface area (Å²) in [6, 6.07) is 5.74. The zero-order valence-electron chi connectivity index (χ0n) is 12.5. The molecule has 0 aliphatic heterocycles. The summed E-state index contributed by atoms with van der Waals surface area (Å²) in [6.07, 6.45) is 2.75. The van der Waals surface area contributed by atoms with E-state index in [0.717, 1.165) is 29.5 Å². The maximum absolute atomic E-state index is 11.8. The minimum Gasteiger partial charge on any atom is -0.491 e. The van der Waals surface area contributed by atoms with E-state index in [1.807, 2.05) is 39.0 Å². The van der Waals surface area contributed by atoms with Crippen LogP contribution in [0.25, 0.3) is 0 Å². The van der Waals surface area contributed by atoms with Gasteiger partial charge in [-0.05, 0) is 69.8 Å². The summed E-state index contributed by atoms with van der Waals surface area (Å²) < 4.78 is 5.63. The Hall–Kier alpha value is -1.55. The van der Waals surface area contributed by atoms with Crippen LogP contribution >= 0.6 is 0 Å². The van der Waals surface area contributed by atoms with Crippen LogP contribution in [0, 0.1) is 12.8 Å². The number of ether oxygens (including phenoxy) is 1. The first-order valence-corrected chi connectivity index (χ1v) is 7.32. The molecule has 2 N–H and O–H groups in total. The third-order valence-corrected chi connectivity index (χ3v) is 3.26. The predicted molar refractivity (Wildman–Crippen MR) is 81.2 cm³/mol. The van der Waals surface area contributed by atoms with E-state index in [4.69, 9.17) is 4.74 Å². The summed E-state index contributed by atoms with van der Waals surface area (Å²) in [5.41, 5.74) is 1.86. The van der Waals surface area contributed by atoms with Crippen molar-refractivity contribution >= 4 is 11.6 Å². The number of rotatable bonds is 7. The van der Waals surface area contributed by atoms with E-state index in [-0.39, 0.29) is 12.0 Å². The van der Waals surface area contributed by atoms with Crippen molar-refractivity contribution in [1.29, 1.82) is 0 Å². The number of benzene rings is 1. The molecule has 1 saturated carbocycles. The average molecular weight is 276 g/mol. The van der Waals surface area contributed by atoms with Gasteiger partial charge in [-0.15, -0.1) is 0 Å². The van der Waals surface area contributed by atoms with Crippen LogP contribution in [0.15, 0.2) is 18.2 Å². The highest BCUT2D eigenvalue weighted by Crippen LogP contribution is 2.27. The lowest BCUT2D eigenvalue weighted by molar-refractivity contribution is -0.115. The molecule has 1 aromatic rings. The second-order valence-electron chi connectivity index (χ2n) is 5.77. The van der Waals surface area contributed by atoms with Crippen LogP contribution in [0.5, 0.6) is 5.75 Å². The molecule has 1 fully saturated rings. The number of hydrogen-bond donors (Lipinski definition) is 2. The lowest BCUT2D eigenvalue weighted by atomic mass is 10.2. The molecular formula is C16H24N2O2. The molecule has 0 unspecified atom stereocenters. The topological polar surface area (TPSA) is 50.4 Å². The Labute approximate surface area is 120 Å². The van der Waals surface area contributed by atoms with E-state index in [1.54, 1.807) is 0 Å². The van der Waals surface area contributed by atoms with Crippen LogP contribution in [-0.2, 0) is 4.79 Å². The third kappa shape index (κ3) is 4.85. The van der Waals surface area contributed by atoms with Crippen molar-refractivity contribution < 1.29 is 9.53 Å². The van der Waals surface area contributed by atoms with Crippen molar-refractivity contribution in [2.45, 2.75) is 39.7 Å². The summed E-state index contributed by atoms with van der Waals surface area (Å²) in [7, 11) is 0. The second-order valence-corrected chi connectivity index (χ2v) is 5.77. The Morgan fingerprint density at radius 1 is 1.40 bits per heavy atom. The lowest BCUT2D eigenvalue weighted by Crippen LogP contribution is -2.29. The first-order valence-electron chi connectivity index (χ1n) is 7.32. The minimum absolute atomic E-state index is 0.00581. The van der Waals surface area contributed by atoms with E-state index in [1.165, 1.54) is 12.8 Å². The zero-order chi connectivity index (χ0) is 14.5. The lowest BCUT2D eigenvalue weighted by Gasteiger charge is -2.13. The van der Waals surface area contributed by atoms with Crippen molar-refractivity contribution in [3.8, 4) is 5.75 Å². The first kappa shape index (κ1) is 14.9. The van der Waals surface area contributed by atoms with Gasteiger partial charge >= 0.3 is 0 Å². The number of hydrogen-bond acceptors (Lipinski definition) is 3. The SMILES string of the molecule is Cc1cc(OC(C)C)ccc1NC(=O)CNCC1CC1. The molecule has 1 aromatic carbocycles. The van der Waals surface area contributed by atoms with Crippen LogP contribution in [0.4, 0.5) is 5.69 Å². The molecule has 1 aliphatic carbocycles. The Bertz CT molecular complexity index is 468. The minimum atomic E-state index is 0.00581. The molecule has 0 heterocycles. The third-order valence-electron chi connectivity index (χ3n) is 3.26. The van der Waals surface area contributed by atoms with E-state index in [0.29, 0.717) is 6.54 Å². The van der Waals surface area contributed by atoms with Crippen LogP contribution < -0.4 is 15.4 Å². The van der Waals surface area contributed by atoms with Crippen LogP contribution in [0.1, 0.15) is 32.3 Å². The fourth-order valence-electron chi connectivity index (χ4n) is 2.03. The molecule has 0 spiro atoms. The molecule has 110 valence electrons. The van der Waals surface area contributed by atoms with Gasteiger partial charge in [-0.3, -0.25) is 4.79 Å². The summed E-state index contributed by atoms with van der Waals surface area (Å²) in [5.74, 6) is 1.63. The van der Waals surface area contributed by atoms with E-state index >= 15 is 0 Å². The van der Waals surface area contributed by atoms with E-state index in [2.05, 4.69) is 10.6 Å². The van der Waals surface area contributed by atoms with Crippen molar-refractivity contribution in [2.75, 3.05) is 18.4 Å². The van der Waals surface area contributed by atoms with E-state index < -0.39 is 0 Å². The van der Waals surface area contributed by atoms with Gasteiger partial charge in [0.05, 0.1) is 12.6 Å². The van der Waals surface area contributed by atoms with Gasteiger partial charge in [0, 0.05) is 5.69 Å². The summed E-state index contributed by atoms with van der Waals surface area (Å²) in [5, 5.41) is 6.12. The summed E-state index contributed by atoms with van der Waals surface area (Å²) >= 11 is 0. The largest absolute Gasteiger partial charge is 0.491 e. The summed E-state index contributed by atoms with van der Waals surface area (Å²) in [4.78, 5) is 11.8. The Morgan fingerprint density at radius 3 is 2.75 bits per heavy atom. The molecule has 1 amide bonds. The van der Waals surface area contributed by atoms with Crippen molar-refractivity contribution in [3.63, 3.8) is 0 Å². The first-order chi connectivity index (χ1) is 9.54. The van der Waals surface area contributed by atoms with Gasteiger partial charge in [0.15, 0.2) is 0 Å². The number of carbonyl (C=O) groups excluding carboxylic acids is 1. The van der Waals surface area contributed by atoms with Crippen LogP contribution in [0.2, 0.25) is 0 Å². The smallest absolute Gasteiger partial charge is 0.238 e. The number of aryl methyl sites for hydroxylation is 1. The monoisotopic (exact) mass is 276 g/mol. The van der Waals surface area contributed by atoms with Crippen LogP contribution in [0.3, 0.4) is 0 Å². The molecule has 4 nitrogen and oxygen atoms in total. The Balaban J connectivity index is 1.83. The van der Waals surface area contributed by atoms with E-state index in [9.17, 15) is 4.79 Å². The number of anilines is 1. The maximum Gasteiger partial charge on any atom is 0.238 e. The molecule has 0 aromatic heterocycles. The molecule has 0 saturated heterocycles. The van der Waals surface area contributed by atoms with Gasteiger partial charge in [0.25, 0.3) is 0 Å². The highest BCUT2D eigenvalue weighted by atomic mass is 16.5. The van der Waals surface area contributed by atoms with Crippen LogP contribution in [-0.4, -0.2) is 25.1 Å². The Kier molecular flexibility index (Phi) is 5.01. The molecule has 20 heavy (non-hydrogen) atoms. The second kappa shape index (κ2) is 6.75. The molecule has 4 heteroatoms. The maximum atomic E-state index is 11.8. The fraction of sp³-hybridized carbons (Fsp3) is 0.562. The summed E-state index contributed by atoms with van der Waals surface area (Å²) in [6.45, 7) is 7.29. The number of nitrogens with one attached hydrogen (secondary N) is 2. The molecule has 0 bridgehead atoms. The zero-order valence-corrected chi connectivity index (χ0v) is 12.5. The van der Waals surface area contributed by atoms with Crippen molar-refractivity contribution in [2.24, 2.45) is 5.92 Å². The van der Waals surface area contributed by atoms with Gasteiger partial charge in [-0.25, -0.2) is 0 Å². The van der Waals surface area contributed by atoms with Gasteiger partial charge in [-0.1, -0.05) is 0 Å². The molecule has 0 atom stereocenters. The molecule has 1 aliphatic rings. The van der Waals surface area contributed by atoms with Gasteiger partial charge in [0.2, 0.25) is 5.91 Å². The highest BCUT2D eigenvalue weighted by Gasteiger charge is 2.20. The fourth-order valence-corrected chi connectivity index (χ4v) is 2.03. The van der Waals surface area contributed by atoms with Gasteiger partial charge in [-0.2, -0.15) is 0 Å². The quantitative estimate of drug-likeness (QED) is 0.805. The number of carbonyl (C=O) groups is 1. The molecule has 2 rings (SSSR count). The number of amides is 1. The molecular weight excluding hydrogens is 252 g/mol. The van der Waals surface area contributed by atoms with Gasteiger partial charge in [0.1, 0.15) is 5.75 Å². The molecule has 0 radical (unpaired) electrons.